The van der Waals surface area contributed by atoms with Crippen molar-refractivity contribution in [2.24, 2.45) is 7.05 Å². The zero-order valence-electron chi connectivity index (χ0n) is 10.1. The molecule has 0 aliphatic rings. The third-order valence-corrected chi connectivity index (χ3v) is 3.42. The van der Waals surface area contributed by atoms with Gasteiger partial charge in [-0.15, -0.1) is 0 Å². The van der Waals surface area contributed by atoms with Crippen LogP contribution in [0, 0.1) is 6.92 Å². The summed E-state index contributed by atoms with van der Waals surface area (Å²) in [6, 6.07) is 5.25. The molecule has 0 unspecified atom stereocenters. The highest BCUT2D eigenvalue weighted by molar-refractivity contribution is 9.10. The monoisotopic (exact) mass is 308 g/mol. The first-order valence-electron chi connectivity index (χ1n) is 5.34. The normalized spacial score (nSPS) is 10.4. The standard InChI is InChI=1S/C12H13BrN4O/c1-7-9(6-15-17(7)2)12(18)16-8-3-4-11(14)10(13)5-8/h3-6H,14H2,1-2H3,(H,16,18). The molecule has 1 heterocycles. The molecule has 0 saturated carbocycles. The second kappa shape index (κ2) is 4.81. The van der Waals surface area contributed by atoms with Crippen LogP contribution in [0.1, 0.15) is 16.1 Å². The molecule has 2 rings (SSSR count). The number of hydrogen-bond acceptors (Lipinski definition) is 3. The van der Waals surface area contributed by atoms with E-state index >= 15 is 0 Å². The van der Waals surface area contributed by atoms with Crippen molar-refractivity contribution in [1.29, 1.82) is 0 Å². The third kappa shape index (κ3) is 2.38. The molecule has 0 aliphatic carbocycles. The fraction of sp³-hybridized carbons (Fsp3) is 0.167. The van der Waals surface area contributed by atoms with Gasteiger partial charge in [-0.3, -0.25) is 9.48 Å². The number of nitrogens with one attached hydrogen (secondary N) is 1. The lowest BCUT2D eigenvalue weighted by atomic mass is 10.2. The Labute approximate surface area is 113 Å². The molecule has 3 N–H and O–H groups in total. The number of rotatable bonds is 2. The average Bonchev–Trinajstić information content (AvgIpc) is 2.65. The predicted octanol–water partition coefficient (Wildman–Crippen LogP) is 2.33. The van der Waals surface area contributed by atoms with Crippen LogP contribution < -0.4 is 11.1 Å². The zero-order valence-corrected chi connectivity index (χ0v) is 11.7. The van der Waals surface area contributed by atoms with Gasteiger partial charge in [0.25, 0.3) is 5.91 Å². The summed E-state index contributed by atoms with van der Waals surface area (Å²) in [5, 5.41) is 6.84. The lowest BCUT2D eigenvalue weighted by molar-refractivity contribution is 0.102. The topological polar surface area (TPSA) is 72.9 Å². The van der Waals surface area contributed by atoms with Gasteiger partial charge in [0.1, 0.15) is 0 Å². The van der Waals surface area contributed by atoms with Gasteiger partial charge in [-0.05, 0) is 41.1 Å². The van der Waals surface area contributed by atoms with Gasteiger partial charge in [-0.2, -0.15) is 5.10 Å². The smallest absolute Gasteiger partial charge is 0.259 e. The molecule has 5 nitrogen and oxygen atoms in total. The molecule has 2 aromatic rings. The van der Waals surface area contributed by atoms with E-state index in [0.717, 1.165) is 10.2 Å². The maximum absolute atomic E-state index is 12.0. The summed E-state index contributed by atoms with van der Waals surface area (Å²) in [5.74, 6) is -0.183. The van der Waals surface area contributed by atoms with E-state index in [4.69, 9.17) is 5.73 Å². The summed E-state index contributed by atoms with van der Waals surface area (Å²) in [4.78, 5) is 12.0. The van der Waals surface area contributed by atoms with Crippen molar-refractivity contribution in [2.75, 3.05) is 11.1 Å². The summed E-state index contributed by atoms with van der Waals surface area (Å²) in [5.41, 5.74) is 8.38. The van der Waals surface area contributed by atoms with Gasteiger partial charge in [-0.1, -0.05) is 0 Å². The highest BCUT2D eigenvalue weighted by Gasteiger charge is 2.13. The van der Waals surface area contributed by atoms with Crippen molar-refractivity contribution >= 4 is 33.2 Å². The Kier molecular flexibility index (Phi) is 3.38. The van der Waals surface area contributed by atoms with E-state index in [9.17, 15) is 4.79 Å². The van der Waals surface area contributed by atoms with Crippen molar-refractivity contribution in [3.63, 3.8) is 0 Å². The van der Waals surface area contributed by atoms with E-state index in [1.165, 1.54) is 0 Å². The van der Waals surface area contributed by atoms with Crippen molar-refractivity contribution < 1.29 is 4.79 Å². The van der Waals surface area contributed by atoms with Gasteiger partial charge in [0.05, 0.1) is 11.8 Å². The van der Waals surface area contributed by atoms with E-state index in [-0.39, 0.29) is 5.91 Å². The van der Waals surface area contributed by atoms with Crippen molar-refractivity contribution in [3.05, 3.63) is 40.1 Å². The third-order valence-electron chi connectivity index (χ3n) is 2.74. The average molecular weight is 309 g/mol. The van der Waals surface area contributed by atoms with Crippen LogP contribution in [0.4, 0.5) is 11.4 Å². The van der Waals surface area contributed by atoms with Crippen LogP contribution in [-0.4, -0.2) is 15.7 Å². The first-order valence-corrected chi connectivity index (χ1v) is 6.13. The number of amides is 1. The largest absolute Gasteiger partial charge is 0.398 e. The first-order chi connectivity index (χ1) is 8.49. The van der Waals surface area contributed by atoms with Crippen LogP contribution in [0.15, 0.2) is 28.9 Å². The summed E-state index contributed by atoms with van der Waals surface area (Å²) >= 11 is 3.32. The van der Waals surface area contributed by atoms with Crippen LogP contribution in [0.2, 0.25) is 0 Å². The van der Waals surface area contributed by atoms with Crippen molar-refractivity contribution in [2.45, 2.75) is 6.92 Å². The molecular formula is C12H13BrN4O. The highest BCUT2D eigenvalue weighted by atomic mass is 79.9. The predicted molar refractivity (Wildman–Crippen MR) is 74.5 cm³/mol. The Morgan fingerprint density at radius 2 is 2.22 bits per heavy atom. The van der Waals surface area contributed by atoms with Crippen LogP contribution in [0.3, 0.4) is 0 Å². The zero-order chi connectivity index (χ0) is 13.3. The Balaban J connectivity index is 2.21. The second-order valence-corrected chi connectivity index (χ2v) is 4.81. The first kappa shape index (κ1) is 12.6. The van der Waals surface area contributed by atoms with Crippen LogP contribution >= 0.6 is 15.9 Å². The Morgan fingerprint density at radius 1 is 1.50 bits per heavy atom. The molecule has 0 radical (unpaired) electrons. The molecule has 94 valence electrons. The van der Waals surface area contributed by atoms with Crippen molar-refractivity contribution in [1.82, 2.24) is 9.78 Å². The maximum atomic E-state index is 12.0. The maximum Gasteiger partial charge on any atom is 0.259 e. The fourth-order valence-corrected chi connectivity index (χ4v) is 1.90. The number of hydrogen-bond donors (Lipinski definition) is 2. The minimum absolute atomic E-state index is 0.183. The lowest BCUT2D eigenvalue weighted by Crippen LogP contribution is -2.13. The number of nitrogens with zero attached hydrogens (tertiary/aromatic N) is 2. The van der Waals surface area contributed by atoms with Crippen molar-refractivity contribution in [3.8, 4) is 0 Å². The van der Waals surface area contributed by atoms with E-state index < -0.39 is 0 Å². The number of benzene rings is 1. The molecule has 0 saturated heterocycles. The number of nitrogen functional groups attached to an aromatic ring is 1. The minimum atomic E-state index is -0.183. The number of halogens is 1. The quantitative estimate of drug-likeness (QED) is 0.836. The molecule has 6 heteroatoms. The van der Waals surface area contributed by atoms with Gasteiger partial charge in [0.15, 0.2) is 0 Å². The molecule has 0 bridgehead atoms. The van der Waals surface area contributed by atoms with Gasteiger partial charge in [0, 0.05) is 28.6 Å². The molecule has 1 aromatic carbocycles. The summed E-state index contributed by atoms with van der Waals surface area (Å²) in [7, 11) is 1.80. The number of carbonyl (C=O) groups is 1. The summed E-state index contributed by atoms with van der Waals surface area (Å²) in [6.45, 7) is 1.85. The number of aromatic nitrogens is 2. The van der Waals surface area contributed by atoms with Gasteiger partial charge >= 0.3 is 0 Å². The molecule has 0 atom stereocenters. The number of carbonyl (C=O) groups excluding carboxylic acids is 1. The highest BCUT2D eigenvalue weighted by Crippen LogP contribution is 2.23. The SMILES string of the molecule is Cc1c(C(=O)Nc2ccc(N)c(Br)c2)cnn1C. The van der Waals surface area contributed by atoms with Gasteiger partial charge in [-0.25, -0.2) is 0 Å². The Morgan fingerprint density at radius 3 is 2.78 bits per heavy atom. The number of nitrogens with two attached hydrogens (primary N) is 1. The lowest BCUT2D eigenvalue weighted by Gasteiger charge is -2.06. The Bertz CT molecular complexity index is 606. The van der Waals surface area contributed by atoms with Gasteiger partial charge in [0.2, 0.25) is 0 Å². The fourth-order valence-electron chi connectivity index (χ4n) is 1.52. The van der Waals surface area contributed by atoms with E-state index in [0.29, 0.717) is 16.9 Å². The number of anilines is 2. The van der Waals surface area contributed by atoms with E-state index in [1.54, 1.807) is 36.1 Å². The minimum Gasteiger partial charge on any atom is -0.398 e. The van der Waals surface area contributed by atoms with Gasteiger partial charge < -0.3 is 11.1 Å². The number of aryl methyl sites for hydroxylation is 1. The molecule has 0 fully saturated rings. The molecule has 18 heavy (non-hydrogen) atoms. The summed E-state index contributed by atoms with van der Waals surface area (Å²) < 4.78 is 2.41. The molecular weight excluding hydrogens is 296 g/mol. The molecule has 0 spiro atoms. The van der Waals surface area contributed by atoms with Crippen LogP contribution in [-0.2, 0) is 7.05 Å². The molecule has 1 amide bonds. The molecule has 0 aliphatic heterocycles. The van der Waals surface area contributed by atoms with Crippen LogP contribution in [0.5, 0.6) is 0 Å². The second-order valence-electron chi connectivity index (χ2n) is 3.96. The molecule has 1 aromatic heterocycles. The van der Waals surface area contributed by atoms with Crippen LogP contribution in [0.25, 0.3) is 0 Å². The van der Waals surface area contributed by atoms with E-state index in [1.807, 2.05) is 6.92 Å². The summed E-state index contributed by atoms with van der Waals surface area (Å²) in [6.07, 6.45) is 1.55. The van der Waals surface area contributed by atoms with E-state index in [2.05, 4.69) is 26.3 Å². The Hall–Kier alpha value is -1.82.